The molecule has 0 atom stereocenters. The van der Waals surface area contributed by atoms with Crippen molar-refractivity contribution in [1.82, 2.24) is 19.5 Å². The third-order valence-electron chi connectivity index (χ3n) is 5.96. The third-order valence-corrected chi connectivity index (χ3v) is 6.71. The monoisotopic (exact) mass is 582 g/mol. The molecule has 4 rings (SSSR count). The molecule has 0 spiro atoms. The molecule has 1 amide bonds. The molecule has 0 aliphatic heterocycles. The predicted molar refractivity (Wildman–Crippen MR) is 158 cm³/mol. The van der Waals surface area contributed by atoms with E-state index in [1.165, 1.54) is 20.3 Å². The summed E-state index contributed by atoms with van der Waals surface area (Å²) in [5.74, 6) is 0.679. The number of ether oxygens (including phenoxy) is 2. The molecule has 208 valence electrons. The van der Waals surface area contributed by atoms with Gasteiger partial charge < -0.3 is 20.1 Å². The molecule has 10 nitrogen and oxygen atoms in total. The Hall–Kier alpha value is -4.15. The lowest BCUT2D eigenvalue weighted by Crippen LogP contribution is -2.25. The summed E-state index contributed by atoms with van der Waals surface area (Å²) >= 11 is 13.3. The van der Waals surface area contributed by atoms with E-state index in [2.05, 4.69) is 32.2 Å². The molecule has 0 aliphatic carbocycles. The summed E-state index contributed by atoms with van der Waals surface area (Å²) in [7, 11) is 2.93. The van der Waals surface area contributed by atoms with Crippen molar-refractivity contribution < 1.29 is 14.3 Å². The maximum absolute atomic E-state index is 14.1. The largest absolute Gasteiger partial charge is 0.495 e. The summed E-state index contributed by atoms with van der Waals surface area (Å²) in [6.07, 6.45) is 4.76. The van der Waals surface area contributed by atoms with E-state index in [1.807, 2.05) is 13.8 Å². The van der Waals surface area contributed by atoms with E-state index in [4.69, 9.17) is 32.7 Å². The first-order valence-corrected chi connectivity index (χ1v) is 13.1. The number of carbonyl (C=O) groups excluding carboxylic acids is 1. The first-order chi connectivity index (χ1) is 19.2. The van der Waals surface area contributed by atoms with Gasteiger partial charge in [0.2, 0.25) is 11.9 Å². The second-order valence-electron chi connectivity index (χ2n) is 9.05. The van der Waals surface area contributed by atoms with E-state index in [1.54, 1.807) is 41.2 Å². The highest BCUT2D eigenvalue weighted by atomic mass is 35.5. The molecule has 0 radical (unpaired) electrons. The zero-order valence-electron chi connectivity index (χ0n) is 22.4. The van der Waals surface area contributed by atoms with Crippen LogP contribution in [0.4, 0.5) is 11.6 Å². The normalized spacial score (nSPS) is 11.0. The van der Waals surface area contributed by atoms with Gasteiger partial charge in [0.25, 0.3) is 5.56 Å². The van der Waals surface area contributed by atoms with Crippen LogP contribution >= 0.6 is 23.2 Å². The van der Waals surface area contributed by atoms with Gasteiger partial charge >= 0.3 is 0 Å². The number of pyridine rings is 2. The molecule has 0 bridgehead atoms. The fraction of sp³-hybridized carbons (Fsp3) is 0.250. The Morgan fingerprint density at radius 3 is 2.38 bits per heavy atom. The van der Waals surface area contributed by atoms with Gasteiger partial charge in [-0.25, -0.2) is 4.98 Å². The van der Waals surface area contributed by atoms with Gasteiger partial charge in [0, 0.05) is 47.9 Å². The number of fused-ring (bicyclic) bond motifs is 1. The number of hydrogen-bond donors (Lipinski definition) is 2. The van der Waals surface area contributed by atoms with Crippen LogP contribution in [0.3, 0.4) is 0 Å². The summed E-state index contributed by atoms with van der Waals surface area (Å²) in [5.41, 5.74) is 1.83. The van der Waals surface area contributed by atoms with Crippen LogP contribution in [0.1, 0.15) is 19.5 Å². The highest BCUT2D eigenvalue weighted by Crippen LogP contribution is 2.45. The van der Waals surface area contributed by atoms with Gasteiger partial charge in [-0.05, 0) is 38.1 Å². The number of carbonyl (C=O) groups is 1. The van der Waals surface area contributed by atoms with Crippen molar-refractivity contribution in [3.05, 3.63) is 75.4 Å². The zero-order chi connectivity index (χ0) is 29.0. The molecule has 0 fully saturated rings. The number of hydrogen-bond acceptors (Lipinski definition) is 8. The number of halogens is 2. The second kappa shape index (κ2) is 12.4. The molecule has 2 N–H and O–H groups in total. The smallest absolute Gasteiger partial charge is 0.260 e. The molecule has 3 aromatic heterocycles. The van der Waals surface area contributed by atoms with Crippen molar-refractivity contribution in [2.75, 3.05) is 24.9 Å². The van der Waals surface area contributed by atoms with Gasteiger partial charge in [0.05, 0.1) is 41.7 Å². The van der Waals surface area contributed by atoms with Gasteiger partial charge in [-0.1, -0.05) is 29.8 Å². The summed E-state index contributed by atoms with van der Waals surface area (Å²) < 4.78 is 12.4. The van der Waals surface area contributed by atoms with E-state index in [-0.39, 0.29) is 45.2 Å². The molecule has 0 aliphatic rings. The lowest BCUT2D eigenvalue weighted by molar-refractivity contribution is -0.111. The van der Waals surface area contributed by atoms with Crippen LogP contribution in [-0.2, 0) is 17.8 Å². The number of benzene rings is 1. The van der Waals surface area contributed by atoms with Crippen LogP contribution in [0.5, 0.6) is 11.5 Å². The standard InChI is InChI=1S/C28H28Cl2N6O4/c1-6-22(37)34-18-8-7-17(31-14-18)9-10-36-26-16(13-32-28(35-26)33-15(2)3)11-19(27(36)38)23-24(29)20(39-4)12-21(40-5)25(23)30/h6-8,11-15H,1,9-10H2,2-5H3,(H,34,37)(H,32,33,35). The first kappa shape index (κ1) is 28.8. The molecule has 40 heavy (non-hydrogen) atoms. The minimum atomic E-state index is -0.365. The quantitative estimate of drug-likeness (QED) is 0.239. The number of aromatic nitrogens is 4. The van der Waals surface area contributed by atoms with Crippen molar-refractivity contribution >= 4 is 51.8 Å². The van der Waals surface area contributed by atoms with Crippen LogP contribution in [0.25, 0.3) is 22.2 Å². The Morgan fingerprint density at radius 2 is 1.80 bits per heavy atom. The maximum atomic E-state index is 14.1. The zero-order valence-corrected chi connectivity index (χ0v) is 23.9. The van der Waals surface area contributed by atoms with Crippen molar-refractivity contribution in [3.63, 3.8) is 0 Å². The topological polar surface area (TPSA) is 120 Å². The molecule has 12 heteroatoms. The van der Waals surface area contributed by atoms with Crippen molar-refractivity contribution in [3.8, 4) is 22.6 Å². The van der Waals surface area contributed by atoms with E-state index < -0.39 is 0 Å². The number of nitrogens with one attached hydrogen (secondary N) is 2. The van der Waals surface area contributed by atoms with Crippen LogP contribution in [-0.4, -0.2) is 45.7 Å². The SMILES string of the molecule is C=CC(=O)Nc1ccc(CCn2c(=O)c(-c3c(Cl)c(OC)cc(OC)c3Cl)cc3cnc(NC(C)C)nc32)nc1. The molecule has 1 aromatic carbocycles. The highest BCUT2D eigenvalue weighted by Gasteiger charge is 2.23. The first-order valence-electron chi connectivity index (χ1n) is 12.3. The third kappa shape index (κ3) is 6.03. The summed E-state index contributed by atoms with van der Waals surface area (Å²) in [4.78, 5) is 39.1. The second-order valence-corrected chi connectivity index (χ2v) is 9.81. The highest BCUT2D eigenvalue weighted by molar-refractivity contribution is 6.41. The molecule has 0 unspecified atom stereocenters. The van der Waals surface area contributed by atoms with Crippen LogP contribution < -0.4 is 25.7 Å². The average molecular weight is 583 g/mol. The summed E-state index contributed by atoms with van der Waals surface area (Å²) in [6, 6.07) is 6.82. The molecule has 4 aromatic rings. The molecule has 3 heterocycles. The Morgan fingerprint density at radius 1 is 1.10 bits per heavy atom. The van der Waals surface area contributed by atoms with Crippen LogP contribution in [0, 0.1) is 0 Å². The molecule has 0 saturated carbocycles. The minimum Gasteiger partial charge on any atom is -0.495 e. The number of rotatable bonds is 10. The number of methoxy groups -OCH3 is 2. The van der Waals surface area contributed by atoms with E-state index in [0.717, 1.165) is 0 Å². The Kier molecular flexibility index (Phi) is 8.91. The van der Waals surface area contributed by atoms with Gasteiger partial charge in [0.1, 0.15) is 17.1 Å². The fourth-order valence-corrected chi connectivity index (χ4v) is 4.77. The lowest BCUT2D eigenvalue weighted by Gasteiger charge is -2.17. The summed E-state index contributed by atoms with van der Waals surface area (Å²) in [6.45, 7) is 7.62. The molecular weight excluding hydrogens is 555 g/mol. The Bertz CT molecular complexity index is 1610. The number of nitrogens with zero attached hydrogens (tertiary/aromatic N) is 4. The maximum Gasteiger partial charge on any atom is 0.260 e. The van der Waals surface area contributed by atoms with E-state index >= 15 is 0 Å². The van der Waals surface area contributed by atoms with Crippen LogP contribution in [0.15, 0.2) is 54.1 Å². The molecule has 0 saturated heterocycles. The lowest BCUT2D eigenvalue weighted by atomic mass is 10.0. The van der Waals surface area contributed by atoms with Gasteiger partial charge in [-0.2, -0.15) is 4.98 Å². The predicted octanol–water partition coefficient (Wildman–Crippen LogP) is 5.37. The number of amides is 1. The fourth-order valence-electron chi connectivity index (χ4n) is 4.06. The average Bonchev–Trinajstić information content (AvgIpc) is 2.93. The number of aryl methyl sites for hydroxylation is 2. The van der Waals surface area contributed by atoms with Crippen molar-refractivity contribution in [2.45, 2.75) is 32.9 Å². The van der Waals surface area contributed by atoms with Gasteiger partial charge in [-0.3, -0.25) is 19.1 Å². The minimum absolute atomic E-state index is 0.0862. The Labute approximate surface area is 241 Å². The van der Waals surface area contributed by atoms with Gasteiger partial charge in [-0.15, -0.1) is 0 Å². The van der Waals surface area contributed by atoms with Gasteiger partial charge in [0.15, 0.2) is 0 Å². The van der Waals surface area contributed by atoms with Crippen molar-refractivity contribution in [2.24, 2.45) is 0 Å². The molecular formula is C28H28Cl2N6O4. The summed E-state index contributed by atoms with van der Waals surface area (Å²) in [5, 5.41) is 6.79. The van der Waals surface area contributed by atoms with Crippen LogP contribution in [0.2, 0.25) is 10.0 Å². The Balaban J connectivity index is 1.85. The number of anilines is 2. The van der Waals surface area contributed by atoms with Crippen molar-refractivity contribution in [1.29, 1.82) is 0 Å². The van der Waals surface area contributed by atoms with E-state index in [0.29, 0.717) is 46.3 Å². The van der Waals surface area contributed by atoms with E-state index in [9.17, 15) is 9.59 Å².